The number of carboxylic acid groups (broad SMARTS) is 1. The molecule has 2 N–H and O–H groups in total. The Bertz CT molecular complexity index is 444. The van der Waals surface area contributed by atoms with Crippen LogP contribution in [0.2, 0.25) is 0 Å². The molecular weight excluding hydrogens is 339 g/mol. The quantitative estimate of drug-likeness (QED) is 0.535. The van der Waals surface area contributed by atoms with Crippen molar-refractivity contribution in [3.63, 3.8) is 0 Å². The molecule has 5 nitrogen and oxygen atoms in total. The first-order valence-electron chi connectivity index (χ1n) is 8.60. The van der Waals surface area contributed by atoms with Crippen LogP contribution in [0.4, 0.5) is 13.2 Å². The molecule has 0 aromatic heterocycles. The SMILES string of the molecule is C=C[C@@H](C)CN1CC[C@H]2CCC[C@]21OCCCO.O=C(O)C(F)(F)F. The van der Waals surface area contributed by atoms with Gasteiger partial charge in [0.25, 0.3) is 0 Å². The average Bonchev–Trinajstić information content (AvgIpc) is 3.07. The zero-order valence-electron chi connectivity index (χ0n) is 14.6. The van der Waals surface area contributed by atoms with E-state index in [0.717, 1.165) is 25.9 Å². The van der Waals surface area contributed by atoms with Crippen molar-refractivity contribution in [2.75, 3.05) is 26.3 Å². The molecule has 0 bridgehead atoms. The highest BCUT2D eigenvalue weighted by Crippen LogP contribution is 2.48. The molecule has 2 aliphatic rings. The highest BCUT2D eigenvalue weighted by atomic mass is 19.4. The number of carboxylic acids is 1. The normalized spacial score (nSPS) is 27.3. The Labute approximate surface area is 146 Å². The summed E-state index contributed by atoms with van der Waals surface area (Å²) in [5, 5.41) is 16.0. The second-order valence-electron chi connectivity index (χ2n) is 6.61. The molecule has 0 aromatic rings. The van der Waals surface area contributed by atoms with Gasteiger partial charge in [-0.3, -0.25) is 4.90 Å². The number of halogens is 3. The molecule has 0 radical (unpaired) electrons. The lowest BCUT2D eigenvalue weighted by Gasteiger charge is -2.39. The predicted molar refractivity (Wildman–Crippen MR) is 87.0 cm³/mol. The van der Waals surface area contributed by atoms with Gasteiger partial charge >= 0.3 is 12.1 Å². The highest BCUT2D eigenvalue weighted by molar-refractivity contribution is 5.73. The number of aliphatic carboxylic acids is 1. The second kappa shape index (κ2) is 9.54. The molecule has 0 aromatic carbocycles. The second-order valence-corrected chi connectivity index (χ2v) is 6.61. The maximum absolute atomic E-state index is 10.6. The monoisotopic (exact) mass is 367 g/mol. The lowest BCUT2D eigenvalue weighted by atomic mass is 9.99. The van der Waals surface area contributed by atoms with Crippen molar-refractivity contribution in [1.82, 2.24) is 4.90 Å². The molecule has 0 unspecified atom stereocenters. The predicted octanol–water partition coefficient (Wildman–Crippen LogP) is 3.04. The van der Waals surface area contributed by atoms with Gasteiger partial charge in [-0.25, -0.2) is 4.79 Å². The maximum atomic E-state index is 10.6. The van der Waals surface area contributed by atoms with Gasteiger partial charge in [0.2, 0.25) is 0 Å². The Morgan fingerprint density at radius 1 is 1.48 bits per heavy atom. The minimum absolute atomic E-state index is 0.0214. The minimum Gasteiger partial charge on any atom is -0.475 e. The van der Waals surface area contributed by atoms with Crippen LogP contribution in [0.25, 0.3) is 0 Å². The first kappa shape index (κ1) is 21.9. The Morgan fingerprint density at radius 3 is 2.64 bits per heavy atom. The smallest absolute Gasteiger partial charge is 0.475 e. The molecule has 0 spiro atoms. The number of carbonyl (C=O) groups is 1. The Hall–Kier alpha value is -1.12. The minimum atomic E-state index is -5.08. The third-order valence-corrected chi connectivity index (χ3v) is 4.82. The van der Waals surface area contributed by atoms with E-state index in [-0.39, 0.29) is 12.3 Å². The lowest BCUT2D eigenvalue weighted by molar-refractivity contribution is -0.192. The summed E-state index contributed by atoms with van der Waals surface area (Å²) in [6, 6.07) is 0. The van der Waals surface area contributed by atoms with Crippen LogP contribution in [0, 0.1) is 11.8 Å². The van der Waals surface area contributed by atoms with Crippen LogP contribution in [-0.4, -0.2) is 59.3 Å². The number of fused-ring (bicyclic) bond motifs is 1. The summed E-state index contributed by atoms with van der Waals surface area (Å²) in [7, 11) is 0. The van der Waals surface area contributed by atoms with E-state index in [1.165, 1.54) is 19.3 Å². The summed E-state index contributed by atoms with van der Waals surface area (Å²) in [5.41, 5.74) is -0.0214. The number of alkyl halides is 3. The standard InChI is InChI=1S/C15H27NO2.C2HF3O2/c1-3-13(2)12-16-9-7-14-6-4-8-15(14,16)18-11-5-10-17;3-2(4,5)1(6)7/h3,13-14,17H,1,4-12H2,2H3;(H,6,7)/t13-,14-,15+;/m1./s1. The van der Waals surface area contributed by atoms with Crippen molar-refractivity contribution in [2.24, 2.45) is 11.8 Å². The van der Waals surface area contributed by atoms with E-state index in [1.807, 2.05) is 6.08 Å². The number of nitrogens with zero attached hydrogens (tertiary/aromatic N) is 1. The van der Waals surface area contributed by atoms with Gasteiger partial charge in [0.1, 0.15) is 5.72 Å². The third kappa shape index (κ3) is 5.97. The van der Waals surface area contributed by atoms with Crippen LogP contribution in [0.15, 0.2) is 12.7 Å². The molecule has 8 heteroatoms. The van der Waals surface area contributed by atoms with Crippen LogP contribution in [0.5, 0.6) is 0 Å². The largest absolute Gasteiger partial charge is 0.490 e. The fourth-order valence-electron chi connectivity index (χ4n) is 3.58. The van der Waals surface area contributed by atoms with E-state index >= 15 is 0 Å². The maximum Gasteiger partial charge on any atom is 0.490 e. The van der Waals surface area contributed by atoms with Crippen molar-refractivity contribution < 1.29 is 32.9 Å². The van der Waals surface area contributed by atoms with Crippen molar-refractivity contribution >= 4 is 5.97 Å². The van der Waals surface area contributed by atoms with Gasteiger partial charge in [-0.1, -0.05) is 13.0 Å². The van der Waals surface area contributed by atoms with Crippen LogP contribution in [-0.2, 0) is 9.53 Å². The number of likely N-dealkylation sites (tertiary alicyclic amines) is 1. The van der Waals surface area contributed by atoms with Crippen LogP contribution < -0.4 is 0 Å². The van der Waals surface area contributed by atoms with E-state index in [2.05, 4.69) is 18.4 Å². The topological polar surface area (TPSA) is 70.0 Å². The van der Waals surface area contributed by atoms with Crippen molar-refractivity contribution in [2.45, 2.75) is 50.9 Å². The third-order valence-electron chi connectivity index (χ3n) is 4.82. The molecule has 1 saturated carbocycles. The van der Waals surface area contributed by atoms with Gasteiger partial charge in [0.05, 0.1) is 6.61 Å². The fraction of sp³-hybridized carbons (Fsp3) is 0.824. The zero-order valence-corrected chi connectivity index (χ0v) is 14.6. The number of hydrogen-bond acceptors (Lipinski definition) is 4. The van der Waals surface area contributed by atoms with Gasteiger partial charge in [-0.15, -0.1) is 6.58 Å². The number of hydrogen-bond donors (Lipinski definition) is 2. The molecule has 25 heavy (non-hydrogen) atoms. The number of rotatable bonds is 7. The lowest BCUT2D eigenvalue weighted by Crippen LogP contribution is -2.49. The van der Waals surface area contributed by atoms with Gasteiger partial charge in [0.15, 0.2) is 0 Å². The van der Waals surface area contributed by atoms with E-state index in [9.17, 15) is 13.2 Å². The van der Waals surface area contributed by atoms with Gasteiger partial charge in [-0.05, 0) is 38.0 Å². The summed E-state index contributed by atoms with van der Waals surface area (Å²) in [4.78, 5) is 11.4. The van der Waals surface area contributed by atoms with Crippen molar-refractivity contribution in [1.29, 1.82) is 0 Å². The summed E-state index contributed by atoms with van der Waals surface area (Å²) in [6.07, 6.45) is 2.71. The van der Waals surface area contributed by atoms with Crippen LogP contribution >= 0.6 is 0 Å². The number of aliphatic hydroxyl groups excluding tert-OH is 1. The van der Waals surface area contributed by atoms with E-state index < -0.39 is 12.1 Å². The summed E-state index contributed by atoms with van der Waals surface area (Å²) in [6.45, 7) is 9.23. The molecule has 2 fully saturated rings. The van der Waals surface area contributed by atoms with E-state index in [0.29, 0.717) is 18.4 Å². The van der Waals surface area contributed by atoms with Gasteiger partial charge < -0.3 is 14.9 Å². The van der Waals surface area contributed by atoms with Crippen molar-refractivity contribution in [3.05, 3.63) is 12.7 Å². The number of aliphatic hydroxyl groups is 1. The molecule has 146 valence electrons. The zero-order chi connectivity index (χ0) is 19.1. The molecule has 1 aliphatic carbocycles. The molecule has 2 rings (SSSR count). The molecule has 3 atom stereocenters. The summed E-state index contributed by atoms with van der Waals surface area (Å²) < 4.78 is 38.0. The van der Waals surface area contributed by atoms with Crippen LogP contribution in [0.3, 0.4) is 0 Å². The molecule has 1 saturated heterocycles. The summed E-state index contributed by atoms with van der Waals surface area (Å²) in [5.74, 6) is -1.54. The Kier molecular flexibility index (Phi) is 8.37. The Balaban J connectivity index is 0.000000381. The molecule has 1 heterocycles. The first-order valence-corrected chi connectivity index (χ1v) is 8.60. The number of ether oxygens (including phenoxy) is 1. The molecule has 1 aliphatic heterocycles. The Morgan fingerprint density at radius 2 is 2.12 bits per heavy atom. The van der Waals surface area contributed by atoms with E-state index in [4.69, 9.17) is 19.7 Å². The van der Waals surface area contributed by atoms with E-state index in [1.54, 1.807) is 0 Å². The summed E-state index contributed by atoms with van der Waals surface area (Å²) >= 11 is 0. The molecular formula is C17H28F3NO4. The molecule has 0 amide bonds. The van der Waals surface area contributed by atoms with Crippen LogP contribution in [0.1, 0.15) is 39.0 Å². The van der Waals surface area contributed by atoms with Gasteiger partial charge in [0, 0.05) is 25.6 Å². The fourth-order valence-corrected chi connectivity index (χ4v) is 3.58. The average molecular weight is 367 g/mol. The first-order chi connectivity index (χ1) is 11.7. The highest BCUT2D eigenvalue weighted by Gasteiger charge is 2.52. The van der Waals surface area contributed by atoms with Gasteiger partial charge in [-0.2, -0.15) is 13.2 Å². The van der Waals surface area contributed by atoms with Crippen molar-refractivity contribution in [3.8, 4) is 0 Å².